The average Bonchev–Trinajstić information content (AvgIpc) is 3.08. The van der Waals surface area contributed by atoms with Gasteiger partial charge in [-0.3, -0.25) is 9.78 Å². The number of pyridine rings is 1. The van der Waals surface area contributed by atoms with Gasteiger partial charge in [0.25, 0.3) is 0 Å². The summed E-state index contributed by atoms with van der Waals surface area (Å²) < 4.78 is 0. The number of hydrogen-bond donors (Lipinski definition) is 1. The number of carbonyl (C=O) groups is 1. The first kappa shape index (κ1) is 22.1. The van der Waals surface area contributed by atoms with Crippen LogP contribution in [0.25, 0.3) is 11.3 Å². The molecule has 166 valence electrons. The smallest absolute Gasteiger partial charge is 0.227 e. The van der Waals surface area contributed by atoms with Crippen LogP contribution in [0.15, 0.2) is 42.7 Å². The molecule has 0 saturated carbocycles. The second kappa shape index (κ2) is 8.81. The number of fused-ring (bicyclic) bond motifs is 1. The number of benzene rings is 1. The molecule has 0 aliphatic heterocycles. The summed E-state index contributed by atoms with van der Waals surface area (Å²) >= 11 is 0. The Hall–Kier alpha value is -3.08. The van der Waals surface area contributed by atoms with Gasteiger partial charge in [-0.2, -0.15) is 0 Å². The van der Waals surface area contributed by atoms with Gasteiger partial charge in [0, 0.05) is 41.7 Å². The fourth-order valence-corrected chi connectivity index (χ4v) is 4.32. The molecule has 0 radical (unpaired) electrons. The van der Waals surface area contributed by atoms with Crippen LogP contribution in [0.1, 0.15) is 62.9 Å². The van der Waals surface area contributed by atoms with Crippen LogP contribution in [0.5, 0.6) is 0 Å². The fourth-order valence-electron chi connectivity index (χ4n) is 4.32. The SMILES string of the molecule is Cc1c(CCC(=O)C(C)C)cccc1Nc1nccc(-c2cnc3c(c2)C(C)(C)CC3)n1. The summed E-state index contributed by atoms with van der Waals surface area (Å²) in [5.41, 5.74) is 7.81. The second-order valence-corrected chi connectivity index (χ2v) is 9.70. The Labute approximate surface area is 190 Å². The molecule has 3 aromatic rings. The summed E-state index contributed by atoms with van der Waals surface area (Å²) in [7, 11) is 0. The third-order valence-electron chi connectivity index (χ3n) is 6.61. The standard InChI is InChI=1S/C27H32N4O/c1-17(2)25(32)10-9-19-7-6-8-22(18(19)3)30-26-28-14-12-23(31-26)20-15-21-24(29-16-20)11-13-27(21,4)5/h6-8,12,14-17H,9-11,13H2,1-5H3,(H,28,30,31). The summed E-state index contributed by atoms with van der Waals surface area (Å²) in [5.74, 6) is 0.928. The van der Waals surface area contributed by atoms with E-state index in [0.29, 0.717) is 18.2 Å². The monoisotopic (exact) mass is 428 g/mol. The van der Waals surface area contributed by atoms with Crippen LogP contribution in [0.3, 0.4) is 0 Å². The predicted octanol–water partition coefficient (Wildman–Crippen LogP) is 5.97. The maximum atomic E-state index is 12.0. The van der Waals surface area contributed by atoms with Crippen LogP contribution in [0.2, 0.25) is 0 Å². The molecule has 1 aliphatic carbocycles. The van der Waals surface area contributed by atoms with Crippen molar-refractivity contribution >= 4 is 17.4 Å². The maximum absolute atomic E-state index is 12.0. The van der Waals surface area contributed by atoms with Gasteiger partial charge in [0.15, 0.2) is 0 Å². The second-order valence-electron chi connectivity index (χ2n) is 9.70. The molecule has 0 fully saturated rings. The summed E-state index contributed by atoms with van der Waals surface area (Å²) in [4.78, 5) is 26.0. The summed E-state index contributed by atoms with van der Waals surface area (Å²) in [6.45, 7) is 10.5. The lowest BCUT2D eigenvalue weighted by Gasteiger charge is -2.19. The van der Waals surface area contributed by atoms with Gasteiger partial charge in [-0.1, -0.05) is 39.8 Å². The van der Waals surface area contributed by atoms with Crippen molar-refractivity contribution in [2.24, 2.45) is 5.92 Å². The van der Waals surface area contributed by atoms with Crippen LogP contribution in [0.4, 0.5) is 11.6 Å². The largest absolute Gasteiger partial charge is 0.324 e. The molecular formula is C27H32N4O. The number of nitrogens with zero attached hydrogens (tertiary/aromatic N) is 3. The number of anilines is 2. The Morgan fingerprint density at radius 2 is 2.00 bits per heavy atom. The highest BCUT2D eigenvalue weighted by Crippen LogP contribution is 2.38. The molecule has 4 rings (SSSR count). The Morgan fingerprint density at radius 3 is 2.78 bits per heavy atom. The molecular weight excluding hydrogens is 396 g/mol. The molecule has 0 bridgehead atoms. The normalized spacial score (nSPS) is 14.4. The number of aryl methyl sites for hydroxylation is 2. The van der Waals surface area contributed by atoms with Gasteiger partial charge in [-0.05, 0) is 66.5 Å². The average molecular weight is 429 g/mol. The molecule has 0 amide bonds. The topological polar surface area (TPSA) is 67.8 Å². The molecule has 0 spiro atoms. The van der Waals surface area contributed by atoms with Crippen LogP contribution in [-0.4, -0.2) is 20.7 Å². The molecule has 1 aromatic carbocycles. The van der Waals surface area contributed by atoms with E-state index in [1.165, 1.54) is 16.8 Å². The van der Waals surface area contributed by atoms with E-state index in [1.807, 2.05) is 38.2 Å². The van der Waals surface area contributed by atoms with Gasteiger partial charge >= 0.3 is 0 Å². The van der Waals surface area contributed by atoms with Gasteiger partial charge in [0.1, 0.15) is 5.78 Å². The van der Waals surface area contributed by atoms with Crippen molar-refractivity contribution in [3.05, 3.63) is 65.1 Å². The zero-order chi connectivity index (χ0) is 22.9. The summed E-state index contributed by atoms with van der Waals surface area (Å²) in [6.07, 6.45) is 7.18. The Morgan fingerprint density at radius 1 is 1.19 bits per heavy atom. The molecule has 32 heavy (non-hydrogen) atoms. The third-order valence-corrected chi connectivity index (χ3v) is 6.61. The van der Waals surface area contributed by atoms with Crippen LogP contribution in [0, 0.1) is 12.8 Å². The number of ketones is 1. The minimum Gasteiger partial charge on any atom is -0.324 e. The van der Waals surface area contributed by atoms with Gasteiger partial charge in [0.2, 0.25) is 5.95 Å². The first-order valence-electron chi connectivity index (χ1n) is 11.5. The van der Waals surface area contributed by atoms with Crippen molar-refractivity contribution in [3.8, 4) is 11.3 Å². The first-order chi connectivity index (χ1) is 15.2. The summed E-state index contributed by atoms with van der Waals surface area (Å²) in [6, 6.07) is 10.3. The highest BCUT2D eigenvalue weighted by molar-refractivity contribution is 5.80. The van der Waals surface area contributed by atoms with E-state index in [9.17, 15) is 4.79 Å². The van der Waals surface area contributed by atoms with E-state index in [0.717, 1.165) is 41.8 Å². The lowest BCUT2D eigenvalue weighted by molar-refractivity contribution is -0.121. The number of aromatic nitrogens is 3. The first-order valence-corrected chi connectivity index (χ1v) is 11.5. The fraction of sp³-hybridized carbons (Fsp3) is 0.407. The van der Waals surface area contributed by atoms with E-state index >= 15 is 0 Å². The van der Waals surface area contributed by atoms with Gasteiger partial charge in [-0.25, -0.2) is 9.97 Å². The van der Waals surface area contributed by atoms with Crippen molar-refractivity contribution in [3.63, 3.8) is 0 Å². The van der Waals surface area contributed by atoms with E-state index in [1.54, 1.807) is 6.20 Å². The highest BCUT2D eigenvalue weighted by atomic mass is 16.1. The van der Waals surface area contributed by atoms with Crippen LogP contribution in [-0.2, 0) is 23.1 Å². The molecule has 1 N–H and O–H groups in total. The van der Waals surface area contributed by atoms with E-state index in [2.05, 4.69) is 43.2 Å². The van der Waals surface area contributed by atoms with Gasteiger partial charge < -0.3 is 5.32 Å². The van der Waals surface area contributed by atoms with Gasteiger partial charge in [0.05, 0.1) is 5.69 Å². The van der Waals surface area contributed by atoms with Crippen LogP contribution < -0.4 is 5.32 Å². The van der Waals surface area contributed by atoms with Crippen molar-refractivity contribution in [2.75, 3.05) is 5.32 Å². The highest BCUT2D eigenvalue weighted by Gasteiger charge is 2.31. The quantitative estimate of drug-likeness (QED) is 0.502. The van der Waals surface area contributed by atoms with Crippen molar-refractivity contribution in [1.29, 1.82) is 0 Å². The molecule has 2 aromatic heterocycles. The number of hydrogen-bond acceptors (Lipinski definition) is 5. The Balaban J connectivity index is 1.56. The number of Topliss-reactive ketones (excluding diaryl/α,β-unsaturated/α-hetero) is 1. The van der Waals surface area contributed by atoms with Crippen molar-refractivity contribution < 1.29 is 4.79 Å². The minimum absolute atomic E-state index is 0.0760. The predicted molar refractivity (Wildman–Crippen MR) is 129 cm³/mol. The molecule has 5 nitrogen and oxygen atoms in total. The number of carbonyl (C=O) groups excluding carboxylic acids is 1. The van der Waals surface area contributed by atoms with Crippen molar-refractivity contribution in [1.82, 2.24) is 15.0 Å². The van der Waals surface area contributed by atoms with E-state index in [4.69, 9.17) is 9.97 Å². The van der Waals surface area contributed by atoms with Crippen molar-refractivity contribution in [2.45, 2.75) is 65.7 Å². The molecule has 5 heteroatoms. The van der Waals surface area contributed by atoms with E-state index in [-0.39, 0.29) is 11.3 Å². The van der Waals surface area contributed by atoms with Gasteiger partial charge in [-0.15, -0.1) is 0 Å². The number of nitrogens with one attached hydrogen (secondary N) is 1. The minimum atomic E-state index is 0.0760. The maximum Gasteiger partial charge on any atom is 0.227 e. The number of rotatable bonds is 7. The molecule has 0 atom stereocenters. The molecule has 0 unspecified atom stereocenters. The molecule has 1 aliphatic rings. The lowest BCUT2D eigenvalue weighted by atomic mass is 9.86. The molecule has 0 saturated heterocycles. The zero-order valence-corrected chi connectivity index (χ0v) is 19.7. The Kier molecular flexibility index (Phi) is 6.09. The van der Waals surface area contributed by atoms with E-state index < -0.39 is 0 Å². The van der Waals surface area contributed by atoms with Crippen LogP contribution >= 0.6 is 0 Å². The molecule has 2 heterocycles. The third kappa shape index (κ3) is 4.57. The lowest BCUT2D eigenvalue weighted by Crippen LogP contribution is -2.12. The summed E-state index contributed by atoms with van der Waals surface area (Å²) in [5, 5.41) is 3.37. The Bertz CT molecular complexity index is 1150. The zero-order valence-electron chi connectivity index (χ0n) is 19.7.